The first kappa shape index (κ1) is 13.5. The topological polar surface area (TPSA) is 116 Å². The summed E-state index contributed by atoms with van der Waals surface area (Å²) in [5, 5.41) is 13.5. The summed E-state index contributed by atoms with van der Waals surface area (Å²) < 4.78 is 18.1. The lowest BCUT2D eigenvalue weighted by molar-refractivity contribution is -0.384. The number of halogens is 1. The van der Waals surface area contributed by atoms with Crippen LogP contribution in [0.3, 0.4) is 0 Å². The van der Waals surface area contributed by atoms with Crippen molar-refractivity contribution in [2.75, 3.05) is 18.2 Å². The number of nitrogens with two attached hydrogens (primary N) is 1. The average Bonchev–Trinajstić information content (AvgIpc) is 2.40. The van der Waals surface area contributed by atoms with Gasteiger partial charge in [0.25, 0.3) is 0 Å². The van der Waals surface area contributed by atoms with Crippen LogP contribution >= 0.6 is 0 Å². The molecule has 0 saturated carbocycles. The van der Waals surface area contributed by atoms with Gasteiger partial charge in [0.15, 0.2) is 11.6 Å². The van der Waals surface area contributed by atoms with Crippen molar-refractivity contribution in [3.05, 3.63) is 40.3 Å². The number of methoxy groups -OCH3 is 1. The monoisotopic (exact) mass is 279 g/mol. The molecule has 104 valence electrons. The summed E-state index contributed by atoms with van der Waals surface area (Å²) >= 11 is 0. The molecule has 20 heavy (non-hydrogen) atoms. The van der Waals surface area contributed by atoms with Crippen molar-refractivity contribution >= 4 is 23.1 Å². The van der Waals surface area contributed by atoms with E-state index in [1.807, 2.05) is 0 Å². The molecule has 0 unspecified atom stereocenters. The van der Waals surface area contributed by atoms with Gasteiger partial charge in [-0.25, -0.2) is 9.37 Å². The Hall–Kier alpha value is -2.97. The van der Waals surface area contributed by atoms with Crippen molar-refractivity contribution in [1.82, 2.24) is 9.97 Å². The highest BCUT2D eigenvalue weighted by molar-refractivity contribution is 5.66. The highest BCUT2D eigenvalue weighted by Gasteiger charge is 2.17. The first-order chi connectivity index (χ1) is 9.51. The van der Waals surface area contributed by atoms with Crippen LogP contribution in [0.5, 0.6) is 5.75 Å². The Kier molecular flexibility index (Phi) is 3.60. The fraction of sp³-hybridized carbons (Fsp3) is 0.0909. The molecule has 0 aliphatic rings. The molecule has 0 radical (unpaired) electrons. The highest BCUT2D eigenvalue weighted by atomic mass is 19.1. The van der Waals surface area contributed by atoms with Gasteiger partial charge >= 0.3 is 5.69 Å². The van der Waals surface area contributed by atoms with E-state index in [9.17, 15) is 14.5 Å². The number of ether oxygens (including phenoxy) is 1. The zero-order valence-electron chi connectivity index (χ0n) is 10.3. The molecule has 0 bridgehead atoms. The summed E-state index contributed by atoms with van der Waals surface area (Å²) in [6, 6.07) is 3.90. The zero-order chi connectivity index (χ0) is 14.7. The van der Waals surface area contributed by atoms with Crippen molar-refractivity contribution in [2.24, 2.45) is 0 Å². The van der Waals surface area contributed by atoms with Gasteiger partial charge in [-0.15, -0.1) is 0 Å². The first-order valence-electron chi connectivity index (χ1n) is 5.38. The molecule has 1 heterocycles. The van der Waals surface area contributed by atoms with Gasteiger partial charge < -0.3 is 15.8 Å². The number of nitrogens with one attached hydrogen (secondary N) is 1. The van der Waals surface area contributed by atoms with E-state index in [0.717, 1.165) is 12.3 Å². The maximum absolute atomic E-state index is 13.3. The fourth-order valence-corrected chi connectivity index (χ4v) is 1.49. The Morgan fingerprint density at radius 2 is 2.25 bits per heavy atom. The number of nitrogen functional groups attached to an aromatic ring is 1. The van der Waals surface area contributed by atoms with Crippen molar-refractivity contribution in [2.45, 2.75) is 0 Å². The van der Waals surface area contributed by atoms with E-state index in [-0.39, 0.29) is 23.2 Å². The molecule has 8 nitrogen and oxygen atoms in total. The molecule has 0 amide bonds. The Labute approximate surface area is 112 Å². The van der Waals surface area contributed by atoms with Crippen molar-refractivity contribution in [3.63, 3.8) is 0 Å². The first-order valence-corrected chi connectivity index (χ1v) is 5.38. The second kappa shape index (κ2) is 5.34. The van der Waals surface area contributed by atoms with E-state index in [1.54, 1.807) is 0 Å². The standard InChI is InChI=1S/C11H10FN5O3/c1-20-9-4-6(2-3-7(9)12)15-10-8(17(18)19)5-14-11(13)16-10/h2-5H,1H3,(H3,13,14,15,16). The molecule has 0 aliphatic carbocycles. The third-order valence-corrected chi connectivity index (χ3v) is 2.40. The minimum absolute atomic E-state index is 0.000295. The molecule has 0 fully saturated rings. The van der Waals surface area contributed by atoms with E-state index in [1.165, 1.54) is 19.2 Å². The number of aromatic nitrogens is 2. The van der Waals surface area contributed by atoms with Crippen LogP contribution in [-0.4, -0.2) is 22.0 Å². The van der Waals surface area contributed by atoms with Crippen molar-refractivity contribution in [1.29, 1.82) is 0 Å². The predicted octanol–water partition coefficient (Wildman–Crippen LogP) is 1.86. The molecule has 3 N–H and O–H groups in total. The van der Waals surface area contributed by atoms with Gasteiger partial charge in [0.1, 0.15) is 6.20 Å². The summed E-state index contributed by atoms with van der Waals surface area (Å²) in [5.74, 6) is -0.752. The number of hydrogen-bond acceptors (Lipinski definition) is 7. The third-order valence-electron chi connectivity index (χ3n) is 2.40. The third kappa shape index (κ3) is 2.71. The number of benzene rings is 1. The minimum atomic E-state index is -0.650. The van der Waals surface area contributed by atoms with Crippen LogP contribution in [0.15, 0.2) is 24.4 Å². The molecule has 2 aromatic rings. The maximum atomic E-state index is 13.3. The quantitative estimate of drug-likeness (QED) is 0.648. The molecule has 0 spiro atoms. The number of nitrogens with zero attached hydrogens (tertiary/aromatic N) is 3. The second-order valence-electron chi connectivity index (χ2n) is 3.69. The highest BCUT2D eigenvalue weighted by Crippen LogP contribution is 2.28. The van der Waals surface area contributed by atoms with Crippen LogP contribution < -0.4 is 15.8 Å². The van der Waals surface area contributed by atoms with E-state index < -0.39 is 10.7 Å². The lowest BCUT2D eigenvalue weighted by Crippen LogP contribution is -2.04. The molecular formula is C11H10FN5O3. The van der Waals surface area contributed by atoms with Gasteiger partial charge in [-0.05, 0) is 12.1 Å². The second-order valence-corrected chi connectivity index (χ2v) is 3.69. The smallest absolute Gasteiger partial charge is 0.329 e. The van der Waals surface area contributed by atoms with Crippen molar-refractivity contribution in [3.8, 4) is 5.75 Å². The van der Waals surface area contributed by atoms with Gasteiger partial charge in [0.05, 0.1) is 12.0 Å². The van der Waals surface area contributed by atoms with Crippen LogP contribution in [0.2, 0.25) is 0 Å². The lowest BCUT2D eigenvalue weighted by Gasteiger charge is -2.08. The molecule has 9 heteroatoms. The minimum Gasteiger partial charge on any atom is -0.494 e. The van der Waals surface area contributed by atoms with E-state index in [0.29, 0.717) is 5.69 Å². The zero-order valence-corrected chi connectivity index (χ0v) is 10.3. The van der Waals surface area contributed by atoms with Gasteiger partial charge in [-0.3, -0.25) is 10.1 Å². The van der Waals surface area contributed by atoms with Gasteiger partial charge in [-0.1, -0.05) is 0 Å². The van der Waals surface area contributed by atoms with E-state index in [4.69, 9.17) is 10.5 Å². The lowest BCUT2D eigenvalue weighted by atomic mass is 10.3. The fourth-order valence-electron chi connectivity index (χ4n) is 1.49. The Morgan fingerprint density at radius 1 is 1.50 bits per heavy atom. The number of anilines is 3. The summed E-state index contributed by atoms with van der Waals surface area (Å²) in [7, 11) is 1.31. The molecular weight excluding hydrogens is 269 g/mol. The Balaban J connectivity index is 2.39. The molecule has 0 saturated heterocycles. The van der Waals surface area contributed by atoms with Gasteiger partial charge in [0, 0.05) is 11.8 Å². The SMILES string of the molecule is COc1cc(Nc2nc(N)ncc2[N+](=O)[O-])ccc1F. The van der Waals surface area contributed by atoms with Crippen LogP contribution in [0.1, 0.15) is 0 Å². The van der Waals surface area contributed by atoms with Crippen LogP contribution in [-0.2, 0) is 0 Å². The summed E-state index contributed by atoms with van der Waals surface area (Å²) in [6.07, 6.45) is 0.991. The van der Waals surface area contributed by atoms with E-state index in [2.05, 4.69) is 15.3 Å². The maximum Gasteiger partial charge on any atom is 0.329 e. The summed E-state index contributed by atoms with van der Waals surface area (Å²) in [5.41, 5.74) is 5.41. The summed E-state index contributed by atoms with van der Waals surface area (Å²) in [6.45, 7) is 0. The van der Waals surface area contributed by atoms with Gasteiger partial charge in [0.2, 0.25) is 11.8 Å². The Morgan fingerprint density at radius 3 is 2.90 bits per heavy atom. The molecule has 1 aromatic heterocycles. The van der Waals surface area contributed by atoms with Crippen LogP contribution in [0, 0.1) is 15.9 Å². The van der Waals surface area contributed by atoms with Crippen molar-refractivity contribution < 1.29 is 14.1 Å². The molecule has 2 rings (SSSR count). The Bertz CT molecular complexity index is 665. The largest absolute Gasteiger partial charge is 0.494 e. The summed E-state index contributed by atoms with van der Waals surface area (Å²) in [4.78, 5) is 17.5. The average molecular weight is 279 g/mol. The number of hydrogen-bond donors (Lipinski definition) is 2. The van der Waals surface area contributed by atoms with Gasteiger partial charge in [-0.2, -0.15) is 4.98 Å². The van der Waals surface area contributed by atoms with E-state index >= 15 is 0 Å². The predicted molar refractivity (Wildman–Crippen MR) is 69.3 cm³/mol. The number of nitro groups is 1. The normalized spacial score (nSPS) is 10.1. The van der Waals surface area contributed by atoms with Crippen LogP contribution in [0.25, 0.3) is 0 Å². The number of rotatable bonds is 4. The molecule has 1 aromatic carbocycles. The van der Waals surface area contributed by atoms with Crippen LogP contribution in [0.4, 0.5) is 27.5 Å². The molecule has 0 aliphatic heterocycles. The molecule has 0 atom stereocenters.